The number of imidazole rings is 1. The van der Waals surface area contributed by atoms with Gasteiger partial charge in [-0.25, -0.2) is 33.0 Å². The lowest BCUT2D eigenvalue weighted by Crippen LogP contribution is -2.49. The molecule has 8 N–H and O–H groups in total. The molecule has 6 atom stereocenters. The third kappa shape index (κ3) is 5.47. The molecule has 18 nitrogen and oxygen atoms in total. The van der Waals surface area contributed by atoms with Crippen LogP contribution in [0.15, 0.2) is 12.7 Å². The number of phosphoric ester groups is 1. The van der Waals surface area contributed by atoms with E-state index in [1.54, 1.807) is 0 Å². The van der Waals surface area contributed by atoms with Crippen LogP contribution in [-0.2, 0) is 31.6 Å². The Kier molecular flexibility index (Phi) is 6.63. The highest BCUT2D eigenvalue weighted by Crippen LogP contribution is 2.66. The van der Waals surface area contributed by atoms with Crippen LogP contribution in [0, 0.1) is 0 Å². The number of nitrogens with two attached hydrogens (primary N) is 1. The van der Waals surface area contributed by atoms with E-state index in [0.717, 1.165) is 24.1 Å². The fourth-order valence-electron chi connectivity index (χ4n) is 2.91. The normalized spacial score (nSPS) is 32.0. The van der Waals surface area contributed by atoms with Gasteiger partial charge in [0.25, 0.3) is 5.85 Å². The topological polar surface area (TPSA) is 279 Å². The fourth-order valence-corrected chi connectivity index (χ4v) is 5.94. The fraction of sp³-hybridized carbons (Fsp3) is 0.545. The van der Waals surface area contributed by atoms with Crippen molar-refractivity contribution in [3.8, 4) is 0 Å². The Morgan fingerprint density at radius 2 is 1.82 bits per heavy atom. The summed E-state index contributed by atoms with van der Waals surface area (Å²) in [4.78, 5) is 47.1. The second-order valence-electron chi connectivity index (χ2n) is 6.83. The largest absolute Gasteiger partial charge is 0.490 e. The van der Waals surface area contributed by atoms with Gasteiger partial charge >= 0.3 is 23.5 Å². The smallest absolute Gasteiger partial charge is 0.384 e. The maximum absolute atomic E-state index is 15.3. The lowest BCUT2D eigenvalue weighted by Gasteiger charge is -2.27. The van der Waals surface area contributed by atoms with Gasteiger partial charge in [-0.2, -0.15) is 8.62 Å². The van der Waals surface area contributed by atoms with Gasteiger partial charge in [0.05, 0.1) is 6.33 Å². The van der Waals surface area contributed by atoms with Gasteiger partial charge in [-0.3, -0.25) is 9.09 Å². The van der Waals surface area contributed by atoms with Crippen molar-refractivity contribution in [2.45, 2.75) is 30.7 Å². The van der Waals surface area contributed by atoms with Crippen molar-refractivity contribution in [1.29, 1.82) is 0 Å². The molecule has 0 radical (unpaired) electrons. The summed E-state index contributed by atoms with van der Waals surface area (Å²) in [6, 6.07) is 0. The molecule has 0 amide bonds. The first-order valence-electron chi connectivity index (χ1n) is 8.35. The number of aliphatic hydroxyl groups excluding tert-OH is 1. The second kappa shape index (κ2) is 8.35. The molecule has 33 heavy (non-hydrogen) atoms. The highest BCUT2D eigenvalue weighted by molar-refractivity contribution is 7.66. The minimum absolute atomic E-state index is 0.0305. The number of nitrogens with zero attached hydrogens (tertiary/aromatic N) is 4. The van der Waals surface area contributed by atoms with Gasteiger partial charge in [0.15, 0.2) is 17.7 Å². The maximum atomic E-state index is 15.3. The van der Waals surface area contributed by atoms with Crippen LogP contribution in [0.2, 0.25) is 0 Å². The van der Waals surface area contributed by atoms with E-state index in [1.807, 2.05) is 0 Å². The summed E-state index contributed by atoms with van der Waals surface area (Å²) >= 11 is 0. The minimum atomic E-state index is -5.86. The SMILES string of the molecule is C[C@]1(O)[C@H](n2cnc3c(N)ncnc32)O[C@](F)(COP(=O)(O)OP(=O)(O)OP(=O)(O)O)[C@H]1O. The molecule has 3 rings (SSSR count). The monoisotopic (exact) mass is 539 g/mol. The number of hydrogen-bond acceptors (Lipinski definition) is 13. The van der Waals surface area contributed by atoms with Crippen molar-refractivity contribution in [1.82, 2.24) is 19.5 Å². The molecule has 1 fully saturated rings. The standard InChI is InChI=1S/C11H17FN5O13P3/c1-10(19)8(18)11(12,2-27-32(23,24)30-33(25,26)29-31(20,21)22)28-9(10)17-4-16-5-6(13)14-3-15-7(5)17/h3-4,8-9,18-19H,2H2,1H3,(H,23,24)(H,25,26)(H2,13,14,15)(H2,20,21,22)/t8-,9+,10+,11+/m0/s1. The van der Waals surface area contributed by atoms with E-state index in [-0.39, 0.29) is 17.0 Å². The molecule has 0 spiro atoms. The van der Waals surface area contributed by atoms with Crippen LogP contribution < -0.4 is 5.73 Å². The van der Waals surface area contributed by atoms with Crippen LogP contribution in [-0.4, -0.2) is 73.5 Å². The number of fused-ring (bicyclic) bond motifs is 1. The molecule has 22 heteroatoms. The van der Waals surface area contributed by atoms with Crippen LogP contribution in [0.4, 0.5) is 10.2 Å². The van der Waals surface area contributed by atoms with Crippen LogP contribution >= 0.6 is 23.5 Å². The van der Waals surface area contributed by atoms with Crippen LogP contribution in [0.5, 0.6) is 0 Å². The minimum Gasteiger partial charge on any atom is -0.384 e. The molecule has 1 aliphatic rings. The van der Waals surface area contributed by atoms with E-state index < -0.39 is 53.9 Å². The summed E-state index contributed by atoms with van der Waals surface area (Å²) < 4.78 is 66.4. The highest BCUT2D eigenvalue weighted by Gasteiger charge is 2.64. The Morgan fingerprint density at radius 1 is 1.18 bits per heavy atom. The molecule has 2 unspecified atom stereocenters. The van der Waals surface area contributed by atoms with Gasteiger partial charge < -0.3 is 40.3 Å². The molecular formula is C11H17FN5O13P3. The Hall–Kier alpha value is -1.43. The van der Waals surface area contributed by atoms with Gasteiger partial charge in [0.2, 0.25) is 0 Å². The summed E-state index contributed by atoms with van der Waals surface area (Å²) in [5.41, 5.74) is 3.24. The average molecular weight is 539 g/mol. The van der Waals surface area contributed by atoms with E-state index in [4.69, 9.17) is 25.2 Å². The number of anilines is 1. The van der Waals surface area contributed by atoms with Crippen LogP contribution in [0.1, 0.15) is 13.2 Å². The van der Waals surface area contributed by atoms with E-state index >= 15 is 4.39 Å². The van der Waals surface area contributed by atoms with Crippen LogP contribution in [0.25, 0.3) is 11.2 Å². The third-order valence-corrected chi connectivity index (χ3v) is 8.03. The number of aliphatic hydroxyl groups is 2. The number of alkyl halides is 1. The predicted octanol–water partition coefficient (Wildman–Crippen LogP) is -0.942. The summed E-state index contributed by atoms with van der Waals surface area (Å²) in [6.07, 6.45) is -2.12. The van der Waals surface area contributed by atoms with Crippen LogP contribution in [0.3, 0.4) is 0 Å². The van der Waals surface area contributed by atoms with Crippen molar-refractivity contribution < 1.29 is 65.8 Å². The zero-order valence-electron chi connectivity index (χ0n) is 16.1. The summed E-state index contributed by atoms with van der Waals surface area (Å²) in [6.45, 7) is -0.723. The molecule has 2 aromatic heterocycles. The summed E-state index contributed by atoms with van der Waals surface area (Å²) in [5.74, 6) is -3.48. The highest BCUT2D eigenvalue weighted by atomic mass is 31.3. The van der Waals surface area contributed by atoms with E-state index in [1.165, 1.54) is 0 Å². The molecular weight excluding hydrogens is 522 g/mol. The molecule has 186 valence electrons. The van der Waals surface area contributed by atoms with Crippen molar-refractivity contribution in [3.05, 3.63) is 12.7 Å². The van der Waals surface area contributed by atoms with Crippen molar-refractivity contribution in [2.75, 3.05) is 12.3 Å². The van der Waals surface area contributed by atoms with E-state index in [9.17, 15) is 28.8 Å². The number of halogens is 1. The first-order chi connectivity index (χ1) is 14.9. The van der Waals surface area contributed by atoms with Crippen molar-refractivity contribution >= 4 is 40.4 Å². The lowest BCUT2D eigenvalue weighted by atomic mass is 9.95. The second-order valence-corrected chi connectivity index (χ2v) is 11.3. The number of ether oxygens (including phenoxy) is 1. The van der Waals surface area contributed by atoms with E-state index in [0.29, 0.717) is 0 Å². The molecule has 0 bridgehead atoms. The zero-order valence-corrected chi connectivity index (χ0v) is 18.8. The zero-order chi connectivity index (χ0) is 25.0. The summed E-state index contributed by atoms with van der Waals surface area (Å²) in [5, 5.41) is 20.9. The number of rotatable bonds is 8. The Bertz CT molecular complexity index is 1200. The lowest BCUT2D eigenvalue weighted by molar-refractivity contribution is -0.203. The molecule has 0 aliphatic carbocycles. The number of nitrogen functional groups attached to an aromatic ring is 1. The van der Waals surface area contributed by atoms with Gasteiger partial charge in [-0.05, 0) is 6.92 Å². The summed E-state index contributed by atoms with van der Waals surface area (Å²) in [7, 11) is -17.2. The average Bonchev–Trinajstić information content (AvgIpc) is 3.12. The maximum Gasteiger partial charge on any atom is 0.490 e. The Morgan fingerprint density at radius 3 is 2.42 bits per heavy atom. The number of phosphoric acid groups is 3. The Labute approximate surface area is 182 Å². The molecule has 1 saturated heterocycles. The van der Waals surface area contributed by atoms with Gasteiger partial charge in [0.1, 0.15) is 30.2 Å². The molecule has 2 aromatic rings. The van der Waals surface area contributed by atoms with E-state index in [2.05, 4.69) is 28.1 Å². The van der Waals surface area contributed by atoms with Crippen molar-refractivity contribution in [2.24, 2.45) is 0 Å². The first kappa shape index (κ1) is 26.2. The van der Waals surface area contributed by atoms with Gasteiger partial charge in [-0.1, -0.05) is 0 Å². The molecule has 0 saturated carbocycles. The first-order valence-corrected chi connectivity index (χ1v) is 12.9. The Balaban J connectivity index is 1.81. The van der Waals surface area contributed by atoms with Gasteiger partial charge in [-0.15, -0.1) is 0 Å². The predicted molar refractivity (Wildman–Crippen MR) is 100 cm³/mol. The number of aromatic nitrogens is 4. The molecule has 0 aromatic carbocycles. The quantitative estimate of drug-likeness (QED) is 0.199. The number of hydrogen-bond donors (Lipinski definition) is 7. The van der Waals surface area contributed by atoms with Gasteiger partial charge in [0, 0.05) is 0 Å². The molecule has 1 aliphatic heterocycles. The van der Waals surface area contributed by atoms with Crippen molar-refractivity contribution in [3.63, 3.8) is 0 Å². The third-order valence-electron chi connectivity index (χ3n) is 4.25. The molecule has 3 heterocycles.